The zero-order chi connectivity index (χ0) is 16.7. The summed E-state index contributed by atoms with van der Waals surface area (Å²) in [5, 5.41) is 6.53. The van der Waals surface area contributed by atoms with E-state index in [-0.39, 0.29) is 5.91 Å². The predicted molar refractivity (Wildman–Crippen MR) is 87.8 cm³/mol. The van der Waals surface area contributed by atoms with Crippen LogP contribution in [0.1, 0.15) is 39.4 Å². The summed E-state index contributed by atoms with van der Waals surface area (Å²) >= 11 is 0. The maximum Gasteiger partial charge on any atom is 0.260 e. The summed E-state index contributed by atoms with van der Waals surface area (Å²) in [6, 6.07) is 1.68. The van der Waals surface area contributed by atoms with Gasteiger partial charge in [-0.05, 0) is 38.7 Å². The van der Waals surface area contributed by atoms with Crippen LogP contribution in [0.15, 0.2) is 23.1 Å². The smallest absolute Gasteiger partial charge is 0.260 e. The van der Waals surface area contributed by atoms with E-state index in [2.05, 4.69) is 25.4 Å². The number of carbonyl (C=O) groups is 1. The Labute approximate surface area is 138 Å². The Kier molecular flexibility index (Phi) is 3.41. The second kappa shape index (κ2) is 5.59. The fourth-order valence-corrected chi connectivity index (χ4v) is 3.17. The largest absolute Gasteiger partial charge is 0.364 e. The summed E-state index contributed by atoms with van der Waals surface area (Å²) in [6.07, 6.45) is 6.07. The molecule has 0 unspecified atom stereocenters. The van der Waals surface area contributed by atoms with Crippen LogP contribution in [0.25, 0.3) is 11.3 Å². The van der Waals surface area contributed by atoms with Gasteiger partial charge in [-0.3, -0.25) is 10.1 Å². The van der Waals surface area contributed by atoms with E-state index in [0.717, 1.165) is 47.5 Å². The maximum absolute atomic E-state index is 12.7. The molecule has 122 valence electrons. The zero-order valence-corrected chi connectivity index (χ0v) is 13.5. The molecule has 0 bridgehead atoms. The van der Waals surface area contributed by atoms with Crippen LogP contribution in [0.4, 0.5) is 5.88 Å². The lowest BCUT2D eigenvalue weighted by molar-refractivity contribution is 0.102. The van der Waals surface area contributed by atoms with Gasteiger partial charge in [0.25, 0.3) is 5.91 Å². The van der Waals surface area contributed by atoms with E-state index in [1.54, 1.807) is 25.5 Å². The Morgan fingerprint density at radius 3 is 2.96 bits per heavy atom. The van der Waals surface area contributed by atoms with Gasteiger partial charge in [0.2, 0.25) is 5.88 Å². The number of hydrogen-bond acceptors (Lipinski definition) is 5. The van der Waals surface area contributed by atoms with Gasteiger partial charge in [0, 0.05) is 29.2 Å². The molecule has 0 aromatic carbocycles. The van der Waals surface area contributed by atoms with Crippen LogP contribution in [0, 0.1) is 13.8 Å². The van der Waals surface area contributed by atoms with Crippen LogP contribution in [0.3, 0.4) is 0 Å². The summed E-state index contributed by atoms with van der Waals surface area (Å²) in [4.78, 5) is 24.7. The molecule has 0 spiro atoms. The predicted octanol–water partition coefficient (Wildman–Crippen LogP) is 2.82. The van der Waals surface area contributed by atoms with Crippen molar-refractivity contribution >= 4 is 11.8 Å². The van der Waals surface area contributed by atoms with Gasteiger partial charge >= 0.3 is 0 Å². The third-order valence-electron chi connectivity index (χ3n) is 4.32. The highest BCUT2D eigenvalue weighted by Gasteiger charge is 2.25. The second-order valence-corrected chi connectivity index (χ2v) is 5.98. The number of aryl methyl sites for hydroxylation is 3. The van der Waals surface area contributed by atoms with Crippen molar-refractivity contribution in [1.82, 2.24) is 20.1 Å². The van der Waals surface area contributed by atoms with Crippen molar-refractivity contribution in [3.63, 3.8) is 0 Å². The molecular formula is C17H17N5O2. The SMILES string of the molecule is Cc1cc(NC(=O)c2c[nH]c3c2-c2ncnc(C)c2CCC3)on1. The molecule has 0 saturated carbocycles. The van der Waals surface area contributed by atoms with Gasteiger partial charge < -0.3 is 9.51 Å². The Hall–Kier alpha value is -2.96. The van der Waals surface area contributed by atoms with Crippen LogP contribution in [-0.4, -0.2) is 26.0 Å². The summed E-state index contributed by atoms with van der Waals surface area (Å²) in [5.74, 6) is 0.0907. The van der Waals surface area contributed by atoms with E-state index in [1.165, 1.54) is 0 Å². The molecule has 0 atom stereocenters. The van der Waals surface area contributed by atoms with Gasteiger partial charge in [0.05, 0.1) is 17.0 Å². The van der Waals surface area contributed by atoms with E-state index in [9.17, 15) is 4.79 Å². The number of rotatable bonds is 2. The molecule has 1 aliphatic carbocycles. The van der Waals surface area contributed by atoms with Crippen molar-refractivity contribution in [1.29, 1.82) is 0 Å². The van der Waals surface area contributed by atoms with Crippen molar-refractivity contribution < 1.29 is 9.32 Å². The van der Waals surface area contributed by atoms with E-state index in [1.807, 2.05) is 6.92 Å². The maximum atomic E-state index is 12.7. The molecule has 24 heavy (non-hydrogen) atoms. The molecule has 1 aliphatic rings. The Morgan fingerprint density at radius 2 is 2.17 bits per heavy atom. The summed E-state index contributed by atoms with van der Waals surface area (Å²) in [6.45, 7) is 3.78. The number of fused-ring (bicyclic) bond motifs is 3. The van der Waals surface area contributed by atoms with Crippen molar-refractivity contribution in [2.45, 2.75) is 33.1 Å². The van der Waals surface area contributed by atoms with E-state index < -0.39 is 0 Å². The van der Waals surface area contributed by atoms with Gasteiger partial charge in [-0.1, -0.05) is 5.16 Å². The first-order valence-electron chi connectivity index (χ1n) is 7.89. The van der Waals surface area contributed by atoms with Crippen LogP contribution < -0.4 is 5.32 Å². The molecule has 7 heteroatoms. The highest BCUT2D eigenvalue weighted by molar-refractivity contribution is 6.08. The van der Waals surface area contributed by atoms with Crippen molar-refractivity contribution in [2.75, 3.05) is 5.32 Å². The van der Waals surface area contributed by atoms with Crippen LogP contribution in [0.5, 0.6) is 0 Å². The van der Waals surface area contributed by atoms with E-state index in [0.29, 0.717) is 17.1 Å². The molecular weight excluding hydrogens is 306 g/mol. The van der Waals surface area contributed by atoms with Crippen molar-refractivity contribution in [3.05, 3.63) is 46.8 Å². The van der Waals surface area contributed by atoms with E-state index >= 15 is 0 Å². The number of anilines is 1. The van der Waals surface area contributed by atoms with Gasteiger partial charge in [-0.25, -0.2) is 9.97 Å². The lowest BCUT2D eigenvalue weighted by atomic mass is 10.0. The molecule has 7 nitrogen and oxygen atoms in total. The molecule has 0 aliphatic heterocycles. The first kappa shape index (κ1) is 14.6. The monoisotopic (exact) mass is 323 g/mol. The minimum Gasteiger partial charge on any atom is -0.364 e. The standard InChI is InChI=1S/C17H17N5O2/c1-9-6-14(24-22-9)21-17(23)12-7-18-13-5-3-4-11-10(2)19-8-20-16(11)15(12)13/h6-8,18H,3-5H2,1-2H3,(H,21,23). The molecule has 3 heterocycles. The van der Waals surface area contributed by atoms with Crippen LogP contribution in [0.2, 0.25) is 0 Å². The quantitative estimate of drug-likeness (QED) is 0.756. The molecule has 1 amide bonds. The lowest BCUT2D eigenvalue weighted by Gasteiger charge is -2.09. The summed E-state index contributed by atoms with van der Waals surface area (Å²) in [5.41, 5.74) is 6.08. The summed E-state index contributed by atoms with van der Waals surface area (Å²) < 4.78 is 5.07. The highest BCUT2D eigenvalue weighted by atomic mass is 16.5. The second-order valence-electron chi connectivity index (χ2n) is 5.98. The summed E-state index contributed by atoms with van der Waals surface area (Å²) in [7, 11) is 0. The lowest BCUT2D eigenvalue weighted by Crippen LogP contribution is -2.12. The molecule has 0 radical (unpaired) electrons. The van der Waals surface area contributed by atoms with Crippen molar-refractivity contribution in [2.24, 2.45) is 0 Å². The first-order valence-corrected chi connectivity index (χ1v) is 7.89. The molecule has 2 N–H and O–H groups in total. The average Bonchev–Trinajstić information content (AvgIpc) is 3.10. The van der Waals surface area contributed by atoms with Crippen LogP contribution in [-0.2, 0) is 12.8 Å². The first-order chi connectivity index (χ1) is 11.6. The minimum absolute atomic E-state index is 0.243. The minimum atomic E-state index is -0.243. The molecule has 3 aromatic heterocycles. The van der Waals surface area contributed by atoms with E-state index in [4.69, 9.17) is 4.52 Å². The molecule has 3 aromatic rings. The van der Waals surface area contributed by atoms with Gasteiger partial charge in [0.1, 0.15) is 6.33 Å². The number of nitrogens with one attached hydrogen (secondary N) is 2. The zero-order valence-electron chi connectivity index (χ0n) is 13.5. The fourth-order valence-electron chi connectivity index (χ4n) is 3.17. The van der Waals surface area contributed by atoms with Gasteiger partial charge in [0.15, 0.2) is 0 Å². The average molecular weight is 323 g/mol. The topological polar surface area (TPSA) is 96.7 Å². The number of aromatic amines is 1. The number of carbonyl (C=O) groups excluding carboxylic acids is 1. The number of H-pyrrole nitrogens is 1. The van der Waals surface area contributed by atoms with Gasteiger partial charge in [-0.2, -0.15) is 0 Å². The number of amides is 1. The Balaban J connectivity index is 1.78. The number of hydrogen-bond donors (Lipinski definition) is 2. The highest BCUT2D eigenvalue weighted by Crippen LogP contribution is 2.34. The molecule has 4 rings (SSSR count). The molecule has 0 fully saturated rings. The third-order valence-corrected chi connectivity index (χ3v) is 4.32. The van der Waals surface area contributed by atoms with Gasteiger partial charge in [-0.15, -0.1) is 0 Å². The normalized spacial score (nSPS) is 13.1. The number of aromatic nitrogens is 4. The third kappa shape index (κ3) is 2.38. The molecule has 0 saturated heterocycles. The Morgan fingerprint density at radius 1 is 1.29 bits per heavy atom. The number of nitrogens with zero attached hydrogens (tertiary/aromatic N) is 3. The fraction of sp³-hybridized carbons (Fsp3) is 0.294. The van der Waals surface area contributed by atoms with Crippen LogP contribution >= 0.6 is 0 Å². The van der Waals surface area contributed by atoms with Crippen molar-refractivity contribution in [3.8, 4) is 11.3 Å². The Bertz CT molecular complexity index is 925.